The highest BCUT2D eigenvalue weighted by molar-refractivity contribution is 7.20. The number of amides is 1. The van der Waals surface area contributed by atoms with Crippen LogP contribution in [0.1, 0.15) is 15.2 Å². The molecule has 0 unspecified atom stereocenters. The van der Waals surface area contributed by atoms with Crippen LogP contribution in [0.25, 0.3) is 10.1 Å². The fourth-order valence-electron chi connectivity index (χ4n) is 2.61. The Morgan fingerprint density at radius 2 is 1.86 bits per heavy atom. The maximum atomic E-state index is 12.2. The first-order valence-electron chi connectivity index (χ1n) is 8.71. The van der Waals surface area contributed by atoms with Gasteiger partial charge in [0.25, 0.3) is 11.6 Å². The fourth-order valence-corrected chi connectivity index (χ4v) is 3.55. The highest BCUT2D eigenvalue weighted by atomic mass is 32.1. The van der Waals surface area contributed by atoms with Crippen molar-refractivity contribution in [3.8, 4) is 0 Å². The van der Waals surface area contributed by atoms with E-state index in [1.54, 1.807) is 6.07 Å². The molecular formula is C20H19N3O5S. The molecule has 0 atom stereocenters. The van der Waals surface area contributed by atoms with Crippen LogP contribution in [0.3, 0.4) is 0 Å². The number of rotatable bonds is 7. The van der Waals surface area contributed by atoms with Crippen molar-refractivity contribution < 1.29 is 19.2 Å². The van der Waals surface area contributed by atoms with E-state index in [1.165, 1.54) is 18.2 Å². The molecule has 3 rings (SSSR count). The molecule has 0 aliphatic heterocycles. The van der Waals surface area contributed by atoms with E-state index in [0.29, 0.717) is 11.9 Å². The third-order valence-electron chi connectivity index (χ3n) is 4.19. The Balaban J connectivity index is 1.52. The number of thiophene rings is 1. The summed E-state index contributed by atoms with van der Waals surface area (Å²) in [5, 5.41) is 14.1. The summed E-state index contributed by atoms with van der Waals surface area (Å²) in [6, 6.07) is 13.6. The number of fused-ring (bicyclic) bond motifs is 1. The van der Waals surface area contributed by atoms with Gasteiger partial charge in [-0.2, -0.15) is 0 Å². The van der Waals surface area contributed by atoms with Crippen LogP contribution >= 0.6 is 11.3 Å². The normalized spacial score (nSPS) is 10.6. The standard InChI is InChI=1S/C20H19N3O5S/c1-22(2)15-5-3-13(4-6-15)11-21-19(24)12-28-20(25)18-10-14-9-16(23(26)27)7-8-17(14)29-18/h3-10H,11-12H2,1-2H3,(H,21,24). The second kappa shape index (κ2) is 8.70. The lowest BCUT2D eigenvalue weighted by Gasteiger charge is -2.13. The Bertz CT molecular complexity index is 1060. The fraction of sp³-hybridized carbons (Fsp3) is 0.200. The number of nitro benzene ring substituents is 1. The molecule has 9 heteroatoms. The van der Waals surface area contributed by atoms with E-state index >= 15 is 0 Å². The predicted molar refractivity (Wildman–Crippen MR) is 111 cm³/mol. The smallest absolute Gasteiger partial charge is 0.348 e. The minimum atomic E-state index is -0.640. The molecule has 0 bridgehead atoms. The van der Waals surface area contributed by atoms with Gasteiger partial charge < -0.3 is 15.0 Å². The van der Waals surface area contributed by atoms with E-state index in [2.05, 4.69) is 5.32 Å². The van der Waals surface area contributed by atoms with Crippen LogP contribution in [-0.2, 0) is 16.1 Å². The number of ether oxygens (including phenoxy) is 1. The van der Waals surface area contributed by atoms with Crippen molar-refractivity contribution in [2.24, 2.45) is 0 Å². The number of hydrogen-bond acceptors (Lipinski definition) is 7. The maximum absolute atomic E-state index is 12.2. The molecule has 3 aromatic rings. The van der Waals surface area contributed by atoms with Gasteiger partial charge >= 0.3 is 5.97 Å². The maximum Gasteiger partial charge on any atom is 0.348 e. The topological polar surface area (TPSA) is 102 Å². The van der Waals surface area contributed by atoms with Crippen LogP contribution < -0.4 is 10.2 Å². The molecule has 150 valence electrons. The monoisotopic (exact) mass is 413 g/mol. The molecule has 29 heavy (non-hydrogen) atoms. The number of carbonyl (C=O) groups is 2. The lowest BCUT2D eigenvalue weighted by atomic mass is 10.2. The second-order valence-electron chi connectivity index (χ2n) is 6.50. The molecular weight excluding hydrogens is 394 g/mol. The van der Waals surface area contributed by atoms with Gasteiger partial charge in [-0.1, -0.05) is 12.1 Å². The van der Waals surface area contributed by atoms with Crippen molar-refractivity contribution in [1.82, 2.24) is 5.32 Å². The van der Waals surface area contributed by atoms with Gasteiger partial charge in [0.2, 0.25) is 0 Å². The first kappa shape index (κ1) is 20.3. The average molecular weight is 413 g/mol. The Morgan fingerprint density at radius 3 is 2.52 bits per heavy atom. The molecule has 0 aliphatic rings. The van der Waals surface area contributed by atoms with Gasteiger partial charge in [-0.25, -0.2) is 4.79 Å². The quantitative estimate of drug-likeness (QED) is 0.362. The number of anilines is 1. The molecule has 0 radical (unpaired) electrons. The van der Waals surface area contributed by atoms with Gasteiger partial charge in [0, 0.05) is 48.5 Å². The molecule has 0 saturated heterocycles. The molecule has 0 spiro atoms. The van der Waals surface area contributed by atoms with Crippen LogP contribution in [0.5, 0.6) is 0 Å². The van der Waals surface area contributed by atoms with Crippen molar-refractivity contribution in [2.75, 3.05) is 25.6 Å². The summed E-state index contributed by atoms with van der Waals surface area (Å²) >= 11 is 1.16. The van der Waals surface area contributed by atoms with E-state index < -0.39 is 23.4 Å². The van der Waals surface area contributed by atoms with Crippen LogP contribution in [0.15, 0.2) is 48.5 Å². The number of carbonyl (C=O) groups excluding carboxylic acids is 2. The van der Waals surface area contributed by atoms with E-state index in [0.717, 1.165) is 27.3 Å². The molecule has 2 aromatic carbocycles. The summed E-state index contributed by atoms with van der Waals surface area (Å²) in [5.41, 5.74) is 1.94. The highest BCUT2D eigenvalue weighted by Gasteiger charge is 2.15. The second-order valence-corrected chi connectivity index (χ2v) is 7.59. The number of hydrogen-bond donors (Lipinski definition) is 1. The van der Waals surface area contributed by atoms with E-state index in [4.69, 9.17) is 4.74 Å². The van der Waals surface area contributed by atoms with Crippen LogP contribution in [0.2, 0.25) is 0 Å². The lowest BCUT2D eigenvalue weighted by Crippen LogP contribution is -2.28. The van der Waals surface area contributed by atoms with Crippen LogP contribution in [0.4, 0.5) is 11.4 Å². The summed E-state index contributed by atoms with van der Waals surface area (Å²) in [6.07, 6.45) is 0. The highest BCUT2D eigenvalue weighted by Crippen LogP contribution is 2.29. The Labute approximate surface area is 170 Å². The molecule has 0 aliphatic carbocycles. The molecule has 1 aromatic heterocycles. The Morgan fingerprint density at radius 1 is 1.14 bits per heavy atom. The zero-order chi connectivity index (χ0) is 21.0. The Kier molecular flexibility index (Phi) is 6.08. The van der Waals surface area contributed by atoms with Crippen molar-refractivity contribution in [1.29, 1.82) is 0 Å². The third-order valence-corrected chi connectivity index (χ3v) is 5.28. The van der Waals surface area contributed by atoms with Gasteiger partial charge in [-0.3, -0.25) is 14.9 Å². The minimum Gasteiger partial charge on any atom is -0.451 e. The Hall–Kier alpha value is -3.46. The zero-order valence-electron chi connectivity index (χ0n) is 15.9. The van der Waals surface area contributed by atoms with Gasteiger partial charge in [0.05, 0.1) is 4.92 Å². The first-order chi connectivity index (χ1) is 13.8. The number of nitro groups is 1. The summed E-state index contributed by atoms with van der Waals surface area (Å²) in [6.45, 7) is -0.0698. The molecule has 8 nitrogen and oxygen atoms in total. The molecule has 1 N–H and O–H groups in total. The minimum absolute atomic E-state index is 0.0480. The largest absolute Gasteiger partial charge is 0.451 e. The van der Waals surface area contributed by atoms with Crippen molar-refractivity contribution in [3.63, 3.8) is 0 Å². The summed E-state index contributed by atoms with van der Waals surface area (Å²) in [5.74, 6) is -1.05. The van der Waals surface area contributed by atoms with E-state index in [9.17, 15) is 19.7 Å². The predicted octanol–water partition coefficient (Wildman–Crippen LogP) is 3.35. The first-order valence-corrected chi connectivity index (χ1v) is 9.53. The number of nitrogens with zero attached hydrogens (tertiary/aromatic N) is 2. The number of esters is 1. The lowest BCUT2D eigenvalue weighted by molar-refractivity contribution is -0.384. The van der Waals surface area contributed by atoms with Crippen LogP contribution in [0, 0.1) is 10.1 Å². The van der Waals surface area contributed by atoms with Gasteiger partial charge in [-0.05, 0) is 29.8 Å². The average Bonchev–Trinajstić information content (AvgIpc) is 3.14. The third kappa shape index (κ3) is 5.08. The van der Waals surface area contributed by atoms with E-state index in [1.807, 2.05) is 43.3 Å². The number of non-ortho nitro benzene ring substituents is 1. The molecule has 0 fully saturated rings. The van der Waals surface area contributed by atoms with Gasteiger partial charge in [-0.15, -0.1) is 11.3 Å². The van der Waals surface area contributed by atoms with E-state index in [-0.39, 0.29) is 10.6 Å². The summed E-state index contributed by atoms with van der Waals surface area (Å²) < 4.78 is 5.78. The SMILES string of the molecule is CN(C)c1ccc(CNC(=O)COC(=O)c2cc3cc([N+](=O)[O-])ccc3s2)cc1. The zero-order valence-corrected chi connectivity index (χ0v) is 16.7. The van der Waals surface area contributed by atoms with Gasteiger partial charge in [0.15, 0.2) is 6.61 Å². The van der Waals surface area contributed by atoms with Crippen LogP contribution in [-0.4, -0.2) is 37.5 Å². The number of nitrogens with one attached hydrogen (secondary N) is 1. The van der Waals surface area contributed by atoms with Gasteiger partial charge in [0.1, 0.15) is 4.88 Å². The van der Waals surface area contributed by atoms with Crippen molar-refractivity contribution >= 4 is 44.7 Å². The number of benzene rings is 2. The van der Waals surface area contributed by atoms with Crippen molar-refractivity contribution in [2.45, 2.75) is 6.54 Å². The summed E-state index contributed by atoms with van der Waals surface area (Å²) in [4.78, 5) is 36.8. The molecule has 1 heterocycles. The summed E-state index contributed by atoms with van der Waals surface area (Å²) in [7, 11) is 3.89. The molecule has 0 saturated carbocycles. The van der Waals surface area contributed by atoms with Crippen molar-refractivity contribution in [3.05, 3.63) is 69.1 Å². The molecule has 1 amide bonds.